The summed E-state index contributed by atoms with van der Waals surface area (Å²) in [6.45, 7) is 0.467. The van der Waals surface area contributed by atoms with E-state index in [0.29, 0.717) is 12.1 Å². The molecule has 1 unspecified atom stereocenters. The molecule has 39 heavy (non-hydrogen) atoms. The zero-order chi connectivity index (χ0) is 26.8. The van der Waals surface area contributed by atoms with Gasteiger partial charge in [0.1, 0.15) is 12.3 Å². The number of carbonyl (C=O) groups is 2. The Morgan fingerprint density at radius 1 is 0.923 bits per heavy atom. The summed E-state index contributed by atoms with van der Waals surface area (Å²) >= 11 is 0. The van der Waals surface area contributed by atoms with Gasteiger partial charge in [0, 0.05) is 34.1 Å². The summed E-state index contributed by atoms with van der Waals surface area (Å²) in [6, 6.07) is 33.2. The van der Waals surface area contributed by atoms with Gasteiger partial charge in [-0.05, 0) is 41.8 Å². The van der Waals surface area contributed by atoms with Crippen molar-refractivity contribution in [2.75, 3.05) is 20.2 Å². The number of aromatic amines is 1. The summed E-state index contributed by atoms with van der Waals surface area (Å²) in [6.07, 6.45) is 0.729. The van der Waals surface area contributed by atoms with Crippen molar-refractivity contribution in [3.8, 4) is 17.0 Å². The van der Waals surface area contributed by atoms with Crippen LogP contribution in [0.15, 0.2) is 103 Å². The number of ether oxygens (including phenoxy) is 1. The van der Waals surface area contributed by atoms with Crippen LogP contribution in [0.2, 0.25) is 0 Å². The van der Waals surface area contributed by atoms with Crippen molar-refractivity contribution in [1.82, 2.24) is 15.2 Å². The molecule has 2 N–H and O–H groups in total. The second-order valence-electron chi connectivity index (χ2n) is 9.70. The Balaban J connectivity index is 1.39. The van der Waals surface area contributed by atoms with E-state index in [0.717, 1.165) is 51.0 Å². The van der Waals surface area contributed by atoms with E-state index in [9.17, 15) is 9.59 Å². The Hall–Kier alpha value is -4.84. The second-order valence-corrected chi connectivity index (χ2v) is 9.70. The molecule has 194 valence electrons. The fraction of sp³-hybridized carbons (Fsp3) is 0.152. The molecular formula is C33H29N3O3. The lowest BCUT2D eigenvalue weighted by Crippen LogP contribution is -2.40. The van der Waals surface area contributed by atoms with Crippen LogP contribution in [0, 0.1) is 0 Å². The number of hydrogen-bond acceptors (Lipinski definition) is 3. The van der Waals surface area contributed by atoms with Gasteiger partial charge >= 0.3 is 0 Å². The zero-order valence-electron chi connectivity index (χ0n) is 21.7. The van der Waals surface area contributed by atoms with Crippen molar-refractivity contribution in [2.24, 2.45) is 0 Å². The lowest BCUT2D eigenvalue weighted by molar-refractivity contribution is -0.122. The van der Waals surface area contributed by atoms with E-state index in [4.69, 9.17) is 4.74 Å². The molecule has 6 nitrogen and oxygen atoms in total. The summed E-state index contributed by atoms with van der Waals surface area (Å²) < 4.78 is 5.50. The molecular weight excluding hydrogens is 486 g/mol. The molecule has 1 aliphatic rings. The number of aromatic nitrogens is 1. The van der Waals surface area contributed by atoms with Crippen LogP contribution in [0.25, 0.3) is 22.2 Å². The second kappa shape index (κ2) is 10.5. The number of nitrogens with zero attached hydrogens (tertiary/aromatic N) is 1. The highest BCUT2D eigenvalue weighted by Gasteiger charge is 2.41. The van der Waals surface area contributed by atoms with Crippen LogP contribution in [0.5, 0.6) is 5.75 Å². The average Bonchev–Trinajstić information content (AvgIpc) is 3.48. The maximum absolute atomic E-state index is 13.7. The fourth-order valence-electron chi connectivity index (χ4n) is 5.50. The first-order valence-electron chi connectivity index (χ1n) is 13.1. The number of methoxy groups -OCH3 is 1. The van der Waals surface area contributed by atoms with Gasteiger partial charge in [-0.2, -0.15) is 0 Å². The SMILES string of the molecule is COc1cccc(-c2[nH]c3ccccc3c2C2c3ccccc3C(=O)N2CC(=O)NCCc2ccccc2)c1. The predicted molar refractivity (Wildman–Crippen MR) is 153 cm³/mol. The summed E-state index contributed by atoms with van der Waals surface area (Å²) in [4.78, 5) is 32.2. The van der Waals surface area contributed by atoms with Gasteiger partial charge in [0.15, 0.2) is 0 Å². The van der Waals surface area contributed by atoms with Crippen LogP contribution >= 0.6 is 0 Å². The molecule has 0 fully saturated rings. The van der Waals surface area contributed by atoms with Crippen LogP contribution in [-0.2, 0) is 11.2 Å². The third kappa shape index (κ3) is 4.66. The first-order chi connectivity index (χ1) is 19.1. The minimum absolute atomic E-state index is 0.0377. The largest absolute Gasteiger partial charge is 0.497 e. The summed E-state index contributed by atoms with van der Waals surface area (Å²) in [5.74, 6) is 0.421. The van der Waals surface area contributed by atoms with Gasteiger partial charge in [0.05, 0.1) is 18.8 Å². The van der Waals surface area contributed by atoms with Crippen LogP contribution in [0.4, 0.5) is 0 Å². The van der Waals surface area contributed by atoms with Crippen molar-refractivity contribution >= 4 is 22.7 Å². The molecule has 5 aromatic rings. The highest BCUT2D eigenvalue weighted by Crippen LogP contribution is 2.45. The van der Waals surface area contributed by atoms with Crippen molar-refractivity contribution in [3.63, 3.8) is 0 Å². The number of carbonyl (C=O) groups excluding carboxylic acids is 2. The Morgan fingerprint density at radius 3 is 2.54 bits per heavy atom. The van der Waals surface area contributed by atoms with Crippen molar-refractivity contribution in [1.29, 1.82) is 0 Å². The monoisotopic (exact) mass is 515 g/mol. The number of fused-ring (bicyclic) bond motifs is 2. The van der Waals surface area contributed by atoms with Gasteiger partial charge in [-0.25, -0.2) is 0 Å². The summed E-state index contributed by atoms with van der Waals surface area (Å²) in [5, 5.41) is 4.03. The molecule has 0 saturated heterocycles. The first kappa shape index (κ1) is 24.5. The molecule has 1 atom stereocenters. The predicted octanol–water partition coefficient (Wildman–Crippen LogP) is 5.75. The smallest absolute Gasteiger partial charge is 0.255 e. The Labute approximate surface area is 227 Å². The number of amides is 2. The van der Waals surface area contributed by atoms with Gasteiger partial charge in [-0.15, -0.1) is 0 Å². The van der Waals surface area contributed by atoms with Crippen LogP contribution in [0.1, 0.15) is 33.1 Å². The minimum Gasteiger partial charge on any atom is -0.497 e. The maximum Gasteiger partial charge on any atom is 0.255 e. The van der Waals surface area contributed by atoms with Gasteiger partial charge in [0.2, 0.25) is 5.91 Å². The molecule has 2 heterocycles. The van der Waals surface area contributed by atoms with E-state index < -0.39 is 6.04 Å². The number of benzene rings is 4. The molecule has 4 aromatic carbocycles. The normalized spacial score (nSPS) is 14.4. The molecule has 0 bridgehead atoms. The first-order valence-corrected chi connectivity index (χ1v) is 13.1. The van der Waals surface area contributed by atoms with Crippen LogP contribution in [0.3, 0.4) is 0 Å². The van der Waals surface area contributed by atoms with Gasteiger partial charge in [0.25, 0.3) is 5.91 Å². The Kier molecular flexibility index (Phi) is 6.59. The van der Waals surface area contributed by atoms with E-state index >= 15 is 0 Å². The minimum atomic E-state index is -0.425. The van der Waals surface area contributed by atoms with Crippen LogP contribution < -0.4 is 10.1 Å². The lowest BCUT2D eigenvalue weighted by atomic mass is 9.93. The number of hydrogen-bond donors (Lipinski definition) is 2. The molecule has 6 rings (SSSR count). The molecule has 0 aliphatic carbocycles. The third-order valence-electron chi connectivity index (χ3n) is 7.33. The number of H-pyrrole nitrogens is 1. The highest BCUT2D eigenvalue weighted by atomic mass is 16.5. The molecule has 1 aliphatic heterocycles. The molecule has 0 radical (unpaired) electrons. The van der Waals surface area contributed by atoms with E-state index in [2.05, 4.69) is 16.4 Å². The Morgan fingerprint density at radius 2 is 1.69 bits per heavy atom. The van der Waals surface area contributed by atoms with Gasteiger partial charge in [-0.1, -0.05) is 78.9 Å². The average molecular weight is 516 g/mol. The van der Waals surface area contributed by atoms with E-state index in [1.807, 2.05) is 97.1 Å². The fourth-order valence-corrected chi connectivity index (χ4v) is 5.50. The van der Waals surface area contributed by atoms with Gasteiger partial charge < -0.3 is 19.9 Å². The topological polar surface area (TPSA) is 74.4 Å². The molecule has 0 saturated carbocycles. The number of rotatable bonds is 8. The van der Waals surface area contributed by atoms with Gasteiger partial charge in [-0.3, -0.25) is 9.59 Å². The number of nitrogens with one attached hydrogen (secondary N) is 2. The lowest BCUT2D eigenvalue weighted by Gasteiger charge is -2.26. The Bertz CT molecular complexity index is 1660. The molecule has 0 spiro atoms. The molecule has 6 heteroatoms. The van der Waals surface area contributed by atoms with E-state index in [1.54, 1.807) is 12.0 Å². The summed E-state index contributed by atoms with van der Waals surface area (Å²) in [7, 11) is 1.65. The maximum atomic E-state index is 13.7. The van der Waals surface area contributed by atoms with Crippen molar-refractivity contribution in [3.05, 3.63) is 125 Å². The molecule has 1 aromatic heterocycles. The number of para-hydroxylation sites is 1. The highest BCUT2D eigenvalue weighted by molar-refractivity contribution is 6.03. The summed E-state index contributed by atoms with van der Waals surface area (Å²) in [5.41, 5.74) is 6.46. The van der Waals surface area contributed by atoms with Crippen LogP contribution in [-0.4, -0.2) is 41.9 Å². The van der Waals surface area contributed by atoms with E-state index in [-0.39, 0.29) is 18.4 Å². The van der Waals surface area contributed by atoms with Crippen molar-refractivity contribution in [2.45, 2.75) is 12.5 Å². The quantitative estimate of drug-likeness (QED) is 0.276. The third-order valence-corrected chi connectivity index (χ3v) is 7.33. The van der Waals surface area contributed by atoms with E-state index in [1.165, 1.54) is 0 Å². The molecule has 2 amide bonds. The standard InChI is InChI=1S/C33H29N3O3/c1-39-24-13-9-12-23(20-24)31-30(27-16-7-8-17-28(27)35-31)32-25-14-5-6-15-26(25)33(38)36(32)21-29(37)34-19-18-22-10-3-2-4-11-22/h2-17,20,32,35H,18-19,21H2,1H3,(H,34,37). The zero-order valence-corrected chi connectivity index (χ0v) is 21.7. The van der Waals surface area contributed by atoms with Crippen molar-refractivity contribution < 1.29 is 14.3 Å².